The molecule has 6 nitrogen and oxygen atoms in total. The van der Waals surface area contributed by atoms with Crippen LogP contribution in [0.3, 0.4) is 0 Å². The molecule has 1 aromatic heterocycles. The van der Waals surface area contributed by atoms with Crippen molar-refractivity contribution in [2.45, 2.75) is 69.6 Å². The smallest absolute Gasteiger partial charge is 0.234 e. The van der Waals surface area contributed by atoms with Crippen molar-refractivity contribution in [2.24, 2.45) is 0 Å². The van der Waals surface area contributed by atoms with E-state index in [1.165, 1.54) is 17.3 Å². The molecule has 29 heavy (non-hydrogen) atoms. The fourth-order valence-corrected chi connectivity index (χ4v) is 4.82. The number of aryl methyl sites for hydroxylation is 1. The predicted molar refractivity (Wildman–Crippen MR) is 115 cm³/mol. The van der Waals surface area contributed by atoms with E-state index in [0.29, 0.717) is 0 Å². The molecule has 0 radical (unpaired) electrons. The average molecular weight is 412 g/mol. The van der Waals surface area contributed by atoms with Gasteiger partial charge in [0.15, 0.2) is 11.0 Å². The summed E-state index contributed by atoms with van der Waals surface area (Å²) in [6, 6.07) is 10.6. The second-order valence-electron chi connectivity index (χ2n) is 7.77. The van der Waals surface area contributed by atoms with Crippen LogP contribution in [-0.4, -0.2) is 43.9 Å². The van der Waals surface area contributed by atoms with Crippen molar-refractivity contribution in [3.8, 4) is 17.5 Å². The van der Waals surface area contributed by atoms with E-state index < -0.39 is 5.54 Å². The largest absolute Gasteiger partial charge is 0.326 e. The Labute approximate surface area is 177 Å². The number of rotatable bonds is 7. The Morgan fingerprint density at radius 1 is 1.31 bits per heavy atom. The molecule has 1 fully saturated rings. The standard InChI is InChI=1S/C22H29N5OS/c1-4-13-27-20(18-10-8-9-17(2)14-18)24-25-21(27)29-15-19(28)26(3)22(16-23)11-6-5-7-12-22/h8-10,14H,4-7,11-13,15H2,1-3H3. The molecular formula is C22H29N5OS. The number of carbonyl (C=O) groups excluding carboxylic acids is 1. The maximum Gasteiger partial charge on any atom is 0.234 e. The normalized spacial score (nSPS) is 15.7. The number of thioether (sulfide) groups is 1. The highest BCUT2D eigenvalue weighted by molar-refractivity contribution is 7.99. The SMILES string of the molecule is CCCn1c(SCC(=O)N(C)C2(C#N)CCCCC2)nnc1-c1cccc(C)c1. The number of aromatic nitrogens is 3. The third-order valence-electron chi connectivity index (χ3n) is 5.67. The quantitative estimate of drug-likeness (QED) is 0.630. The topological polar surface area (TPSA) is 74.8 Å². The molecule has 3 rings (SSSR count). The van der Waals surface area contributed by atoms with Gasteiger partial charge in [-0.15, -0.1) is 10.2 Å². The van der Waals surface area contributed by atoms with Crippen LogP contribution in [0.25, 0.3) is 11.4 Å². The highest BCUT2D eigenvalue weighted by Gasteiger charge is 2.38. The van der Waals surface area contributed by atoms with Gasteiger partial charge >= 0.3 is 0 Å². The molecule has 0 aliphatic heterocycles. The van der Waals surface area contributed by atoms with Gasteiger partial charge in [0, 0.05) is 19.2 Å². The Bertz CT molecular complexity index is 895. The predicted octanol–water partition coefficient (Wildman–Crippen LogP) is 4.44. The molecule has 0 atom stereocenters. The monoisotopic (exact) mass is 411 g/mol. The number of hydrogen-bond donors (Lipinski definition) is 0. The van der Waals surface area contributed by atoms with E-state index in [1.807, 2.05) is 12.1 Å². The third-order valence-corrected chi connectivity index (χ3v) is 6.62. The van der Waals surface area contributed by atoms with Crippen LogP contribution in [0.15, 0.2) is 29.4 Å². The van der Waals surface area contributed by atoms with Crippen molar-refractivity contribution in [2.75, 3.05) is 12.8 Å². The average Bonchev–Trinajstić information content (AvgIpc) is 3.14. The molecule has 2 aromatic rings. The summed E-state index contributed by atoms with van der Waals surface area (Å²) in [5.74, 6) is 1.07. The van der Waals surface area contributed by atoms with Crippen molar-refractivity contribution in [3.05, 3.63) is 29.8 Å². The lowest BCUT2D eigenvalue weighted by molar-refractivity contribution is -0.131. The van der Waals surface area contributed by atoms with Crippen LogP contribution in [0.2, 0.25) is 0 Å². The Hall–Kier alpha value is -2.33. The minimum atomic E-state index is -0.653. The van der Waals surface area contributed by atoms with Gasteiger partial charge in [0.05, 0.1) is 11.8 Å². The minimum absolute atomic E-state index is 0.0263. The van der Waals surface area contributed by atoms with E-state index >= 15 is 0 Å². The Balaban J connectivity index is 1.75. The van der Waals surface area contributed by atoms with Crippen molar-refractivity contribution in [3.63, 3.8) is 0 Å². The van der Waals surface area contributed by atoms with Crippen LogP contribution in [0.4, 0.5) is 0 Å². The number of hydrogen-bond acceptors (Lipinski definition) is 5. The Kier molecular flexibility index (Phi) is 6.96. The number of nitrogens with zero attached hydrogens (tertiary/aromatic N) is 5. The highest BCUT2D eigenvalue weighted by atomic mass is 32.2. The summed E-state index contributed by atoms with van der Waals surface area (Å²) in [5, 5.41) is 19.3. The first kappa shape index (κ1) is 21.4. The fourth-order valence-electron chi connectivity index (χ4n) is 3.94. The molecule has 154 valence electrons. The molecule has 1 saturated carbocycles. The molecular weight excluding hydrogens is 382 g/mol. The van der Waals surface area contributed by atoms with Gasteiger partial charge in [-0.1, -0.05) is 61.7 Å². The number of benzene rings is 1. The summed E-state index contributed by atoms with van der Waals surface area (Å²) in [6.07, 6.45) is 5.63. The Morgan fingerprint density at radius 2 is 2.07 bits per heavy atom. The van der Waals surface area contributed by atoms with E-state index in [1.54, 1.807) is 11.9 Å². The van der Waals surface area contributed by atoms with Crippen molar-refractivity contribution in [1.82, 2.24) is 19.7 Å². The van der Waals surface area contributed by atoms with Crippen molar-refractivity contribution >= 4 is 17.7 Å². The lowest BCUT2D eigenvalue weighted by Gasteiger charge is -2.39. The summed E-state index contributed by atoms with van der Waals surface area (Å²) < 4.78 is 2.09. The summed E-state index contributed by atoms with van der Waals surface area (Å²) in [7, 11) is 1.77. The first-order chi connectivity index (χ1) is 14.0. The molecule has 0 N–H and O–H groups in total. The summed E-state index contributed by atoms with van der Waals surface area (Å²) in [4.78, 5) is 14.5. The molecule has 0 saturated heterocycles. The molecule has 1 heterocycles. The van der Waals surface area contributed by atoms with Crippen LogP contribution in [0.5, 0.6) is 0 Å². The first-order valence-corrected chi connectivity index (χ1v) is 11.3. The molecule has 7 heteroatoms. The Morgan fingerprint density at radius 3 is 2.72 bits per heavy atom. The second-order valence-corrected chi connectivity index (χ2v) is 8.72. The van der Waals surface area contributed by atoms with Crippen molar-refractivity contribution in [1.29, 1.82) is 5.26 Å². The van der Waals surface area contributed by atoms with Gasteiger partial charge in [-0.3, -0.25) is 4.79 Å². The zero-order chi connectivity index (χ0) is 20.9. The van der Waals surface area contributed by atoms with Crippen molar-refractivity contribution < 1.29 is 4.79 Å². The van der Waals surface area contributed by atoms with Gasteiger partial charge < -0.3 is 9.47 Å². The zero-order valence-electron chi connectivity index (χ0n) is 17.5. The van der Waals surface area contributed by atoms with Gasteiger partial charge in [0.25, 0.3) is 0 Å². The summed E-state index contributed by atoms with van der Waals surface area (Å²) >= 11 is 1.41. The molecule has 0 spiro atoms. The highest BCUT2D eigenvalue weighted by Crippen LogP contribution is 2.33. The maximum absolute atomic E-state index is 12.9. The van der Waals surface area contributed by atoms with E-state index in [0.717, 1.165) is 61.6 Å². The van der Waals surface area contributed by atoms with Gasteiger partial charge in [-0.25, -0.2) is 0 Å². The lowest BCUT2D eigenvalue weighted by Crippen LogP contribution is -2.50. The first-order valence-electron chi connectivity index (χ1n) is 10.3. The van der Waals surface area contributed by atoms with Gasteiger partial charge in [-0.05, 0) is 32.3 Å². The summed E-state index contributed by atoms with van der Waals surface area (Å²) in [5.41, 5.74) is 1.56. The molecule has 1 aliphatic carbocycles. The number of amides is 1. The van der Waals surface area contributed by atoms with E-state index in [-0.39, 0.29) is 11.7 Å². The van der Waals surface area contributed by atoms with Crippen LogP contribution in [0, 0.1) is 18.3 Å². The van der Waals surface area contributed by atoms with Gasteiger partial charge in [0.1, 0.15) is 5.54 Å². The molecule has 0 unspecified atom stereocenters. The zero-order valence-corrected chi connectivity index (χ0v) is 18.3. The van der Waals surface area contributed by atoms with Crippen LogP contribution >= 0.6 is 11.8 Å². The summed E-state index contributed by atoms with van der Waals surface area (Å²) in [6.45, 7) is 4.97. The maximum atomic E-state index is 12.9. The minimum Gasteiger partial charge on any atom is -0.326 e. The molecule has 1 aromatic carbocycles. The van der Waals surface area contributed by atoms with Gasteiger partial charge in [0.2, 0.25) is 5.91 Å². The number of nitriles is 1. The van der Waals surface area contributed by atoms with E-state index in [9.17, 15) is 10.1 Å². The lowest BCUT2D eigenvalue weighted by atomic mass is 9.81. The van der Waals surface area contributed by atoms with E-state index in [4.69, 9.17) is 0 Å². The van der Waals surface area contributed by atoms with Crippen LogP contribution in [0.1, 0.15) is 51.0 Å². The van der Waals surface area contributed by atoms with Crippen LogP contribution < -0.4 is 0 Å². The second kappa shape index (κ2) is 9.45. The number of carbonyl (C=O) groups is 1. The molecule has 1 aliphatic rings. The van der Waals surface area contributed by atoms with Crippen LogP contribution in [-0.2, 0) is 11.3 Å². The van der Waals surface area contributed by atoms with E-state index in [2.05, 4.69) is 46.8 Å². The van der Waals surface area contributed by atoms with Gasteiger partial charge in [-0.2, -0.15) is 5.26 Å². The fraction of sp³-hybridized carbons (Fsp3) is 0.545. The third kappa shape index (κ3) is 4.64. The molecule has 0 bridgehead atoms. The molecule has 1 amide bonds.